The first-order valence-corrected chi connectivity index (χ1v) is 15.0. The normalized spacial score (nSPS) is 15.7. The summed E-state index contributed by atoms with van der Waals surface area (Å²) in [7, 11) is -7.69. The average molecular weight is 596 g/mol. The number of piperazine rings is 1. The van der Waals surface area contributed by atoms with Gasteiger partial charge in [0, 0.05) is 30.7 Å². The molecule has 1 amide bonds. The van der Waals surface area contributed by atoms with Gasteiger partial charge in [0.1, 0.15) is 5.60 Å². The molecule has 0 N–H and O–H groups in total. The van der Waals surface area contributed by atoms with E-state index in [2.05, 4.69) is 15.9 Å². The Morgan fingerprint density at radius 3 is 1.92 bits per heavy atom. The molecule has 1 aliphatic heterocycles. The van der Waals surface area contributed by atoms with Crippen LogP contribution >= 0.6 is 15.9 Å². The highest BCUT2D eigenvalue weighted by Crippen LogP contribution is 2.28. The van der Waals surface area contributed by atoms with Crippen molar-refractivity contribution >= 4 is 52.7 Å². The van der Waals surface area contributed by atoms with Crippen molar-refractivity contribution in [3.63, 3.8) is 0 Å². The van der Waals surface area contributed by atoms with E-state index < -0.39 is 31.6 Å². The van der Waals surface area contributed by atoms with E-state index in [4.69, 9.17) is 4.74 Å². The van der Waals surface area contributed by atoms with Crippen molar-refractivity contribution in [1.82, 2.24) is 9.21 Å². The molecule has 192 valence electrons. The SMILES string of the molecule is CC(C)(C)OC(=O)N1CCN(S(=O)(=O)c2ccc(S(=O)(=O)c3ccc4cc(Br)ccc4c3)cc2)CC1. The van der Waals surface area contributed by atoms with Crippen LogP contribution < -0.4 is 0 Å². The maximum Gasteiger partial charge on any atom is 0.410 e. The van der Waals surface area contributed by atoms with Crippen LogP contribution in [0, 0.1) is 0 Å². The molecule has 0 atom stereocenters. The van der Waals surface area contributed by atoms with Crippen LogP contribution in [0.1, 0.15) is 20.8 Å². The van der Waals surface area contributed by atoms with Crippen molar-refractivity contribution < 1.29 is 26.4 Å². The quantitative estimate of drug-likeness (QED) is 0.435. The molecular weight excluding hydrogens is 568 g/mol. The van der Waals surface area contributed by atoms with Gasteiger partial charge in [-0.3, -0.25) is 0 Å². The first-order valence-electron chi connectivity index (χ1n) is 11.3. The molecule has 0 saturated carbocycles. The van der Waals surface area contributed by atoms with Gasteiger partial charge < -0.3 is 9.64 Å². The minimum absolute atomic E-state index is 0.00414. The van der Waals surface area contributed by atoms with Crippen LogP contribution in [-0.4, -0.2) is 63.9 Å². The second-order valence-corrected chi connectivity index (χ2v) is 14.3. The molecule has 11 heteroatoms. The lowest BCUT2D eigenvalue weighted by Gasteiger charge is -2.35. The molecule has 1 aliphatic rings. The maximum atomic E-state index is 13.2. The van der Waals surface area contributed by atoms with Crippen LogP contribution in [-0.2, 0) is 24.6 Å². The van der Waals surface area contributed by atoms with Crippen molar-refractivity contribution in [3.05, 3.63) is 65.1 Å². The second kappa shape index (κ2) is 9.77. The average Bonchev–Trinajstić information content (AvgIpc) is 2.82. The topological polar surface area (TPSA) is 101 Å². The van der Waals surface area contributed by atoms with E-state index in [1.54, 1.807) is 39.0 Å². The van der Waals surface area contributed by atoms with E-state index in [1.165, 1.54) is 33.5 Å². The van der Waals surface area contributed by atoms with Gasteiger partial charge in [-0.2, -0.15) is 4.31 Å². The molecule has 1 fully saturated rings. The zero-order valence-corrected chi connectivity index (χ0v) is 23.4. The van der Waals surface area contributed by atoms with Crippen LogP contribution in [0.15, 0.2) is 79.8 Å². The fourth-order valence-electron chi connectivity index (χ4n) is 3.88. The zero-order chi connectivity index (χ0) is 26.3. The Hall–Kier alpha value is -2.47. The van der Waals surface area contributed by atoms with E-state index in [0.717, 1.165) is 15.2 Å². The molecule has 8 nitrogen and oxygen atoms in total. The summed E-state index contributed by atoms with van der Waals surface area (Å²) in [5, 5.41) is 1.68. The third-order valence-electron chi connectivity index (χ3n) is 5.75. The Labute approximate surface area is 219 Å². The summed E-state index contributed by atoms with van der Waals surface area (Å²) < 4.78 is 60.2. The number of hydrogen-bond donors (Lipinski definition) is 0. The van der Waals surface area contributed by atoms with Crippen molar-refractivity contribution in [1.29, 1.82) is 0 Å². The number of amides is 1. The summed E-state index contributed by atoms with van der Waals surface area (Å²) in [6.45, 7) is 5.97. The number of fused-ring (bicyclic) bond motifs is 1. The molecular formula is C25H27BrN2O6S2. The summed E-state index contributed by atoms with van der Waals surface area (Å²) >= 11 is 3.40. The van der Waals surface area contributed by atoms with Crippen molar-refractivity contribution in [3.8, 4) is 0 Å². The minimum atomic E-state index is -3.85. The van der Waals surface area contributed by atoms with E-state index in [9.17, 15) is 21.6 Å². The van der Waals surface area contributed by atoms with Crippen molar-refractivity contribution in [2.24, 2.45) is 0 Å². The van der Waals surface area contributed by atoms with Gasteiger partial charge in [-0.15, -0.1) is 0 Å². The fourth-order valence-corrected chi connectivity index (χ4v) is 6.97. The highest BCUT2D eigenvalue weighted by Gasteiger charge is 2.32. The molecule has 0 unspecified atom stereocenters. The van der Waals surface area contributed by atoms with E-state index in [-0.39, 0.29) is 40.9 Å². The highest BCUT2D eigenvalue weighted by molar-refractivity contribution is 9.10. The molecule has 0 spiro atoms. The number of benzene rings is 3. The summed E-state index contributed by atoms with van der Waals surface area (Å²) in [6.07, 6.45) is -0.476. The summed E-state index contributed by atoms with van der Waals surface area (Å²) in [4.78, 5) is 13.9. The summed E-state index contributed by atoms with van der Waals surface area (Å²) in [5.41, 5.74) is -0.633. The molecule has 0 bridgehead atoms. The van der Waals surface area contributed by atoms with Crippen LogP contribution in [0.2, 0.25) is 0 Å². The number of halogens is 1. The predicted octanol–water partition coefficient (Wildman–Crippen LogP) is 4.68. The Balaban J connectivity index is 1.50. The minimum Gasteiger partial charge on any atom is -0.444 e. The number of sulfone groups is 1. The van der Waals surface area contributed by atoms with Gasteiger partial charge in [0.2, 0.25) is 19.9 Å². The first-order chi connectivity index (χ1) is 16.8. The van der Waals surface area contributed by atoms with Crippen molar-refractivity contribution in [2.75, 3.05) is 26.2 Å². The van der Waals surface area contributed by atoms with Crippen LogP contribution in [0.5, 0.6) is 0 Å². The molecule has 3 aromatic rings. The smallest absolute Gasteiger partial charge is 0.410 e. The number of carbonyl (C=O) groups excluding carboxylic acids is 1. The Bertz CT molecular complexity index is 1510. The number of sulfonamides is 1. The molecule has 1 saturated heterocycles. The van der Waals surface area contributed by atoms with Gasteiger partial charge in [-0.25, -0.2) is 21.6 Å². The third-order valence-corrected chi connectivity index (χ3v) is 9.92. The number of ether oxygens (including phenoxy) is 1. The highest BCUT2D eigenvalue weighted by atomic mass is 79.9. The standard InChI is InChI=1S/C25H27BrN2O6S2/c1-25(2,3)34-24(29)27-12-14-28(15-13-27)36(32,33)22-10-8-21(9-11-22)35(30,31)23-7-5-18-16-20(26)6-4-19(18)17-23/h4-11,16-17H,12-15H2,1-3H3. The predicted molar refractivity (Wildman–Crippen MR) is 140 cm³/mol. The molecule has 1 heterocycles. The van der Waals surface area contributed by atoms with Gasteiger partial charge in [-0.1, -0.05) is 28.1 Å². The second-order valence-electron chi connectivity index (χ2n) is 9.50. The number of hydrogen-bond acceptors (Lipinski definition) is 6. The lowest BCUT2D eigenvalue weighted by molar-refractivity contribution is 0.0192. The van der Waals surface area contributed by atoms with Crippen LogP contribution in [0.3, 0.4) is 0 Å². The molecule has 4 rings (SSSR count). The monoisotopic (exact) mass is 594 g/mol. The van der Waals surface area contributed by atoms with Crippen molar-refractivity contribution in [2.45, 2.75) is 41.1 Å². The number of carbonyl (C=O) groups is 1. The Kier molecular flexibility index (Phi) is 7.22. The fraction of sp³-hybridized carbons (Fsp3) is 0.320. The lowest BCUT2D eigenvalue weighted by Crippen LogP contribution is -2.51. The maximum absolute atomic E-state index is 13.2. The molecule has 0 radical (unpaired) electrons. The Morgan fingerprint density at radius 2 is 1.31 bits per heavy atom. The molecule has 36 heavy (non-hydrogen) atoms. The first kappa shape index (κ1) is 26.6. The van der Waals surface area contributed by atoms with Crippen LogP contribution in [0.25, 0.3) is 10.8 Å². The van der Waals surface area contributed by atoms with E-state index in [1.807, 2.05) is 18.2 Å². The van der Waals surface area contributed by atoms with Gasteiger partial charge in [0.05, 0.1) is 14.7 Å². The van der Waals surface area contributed by atoms with Gasteiger partial charge in [-0.05, 0) is 80.1 Å². The van der Waals surface area contributed by atoms with E-state index >= 15 is 0 Å². The third kappa shape index (κ3) is 5.59. The largest absolute Gasteiger partial charge is 0.444 e. The van der Waals surface area contributed by atoms with Gasteiger partial charge in [0.25, 0.3) is 0 Å². The van der Waals surface area contributed by atoms with Gasteiger partial charge >= 0.3 is 6.09 Å². The molecule has 0 aromatic heterocycles. The lowest BCUT2D eigenvalue weighted by atomic mass is 10.1. The summed E-state index contributed by atoms with van der Waals surface area (Å²) in [6, 6.07) is 15.7. The summed E-state index contributed by atoms with van der Waals surface area (Å²) in [5.74, 6) is 0. The zero-order valence-electron chi connectivity index (χ0n) is 20.1. The molecule has 0 aliphatic carbocycles. The van der Waals surface area contributed by atoms with Crippen LogP contribution in [0.4, 0.5) is 4.79 Å². The van der Waals surface area contributed by atoms with Gasteiger partial charge in [0.15, 0.2) is 0 Å². The van der Waals surface area contributed by atoms with E-state index in [0.29, 0.717) is 0 Å². The molecule has 3 aromatic carbocycles. The number of nitrogens with zero attached hydrogens (tertiary/aromatic N) is 2. The number of rotatable bonds is 4. The Morgan fingerprint density at radius 1 is 0.778 bits per heavy atom.